The van der Waals surface area contributed by atoms with Crippen LogP contribution in [0.5, 0.6) is 0 Å². The van der Waals surface area contributed by atoms with E-state index in [-0.39, 0.29) is 0 Å². The predicted molar refractivity (Wildman–Crippen MR) is 90.8 cm³/mol. The molecule has 1 aliphatic heterocycles. The van der Waals surface area contributed by atoms with Crippen LogP contribution in [0.1, 0.15) is 25.0 Å². The Bertz CT molecular complexity index is 706. The lowest BCUT2D eigenvalue weighted by molar-refractivity contribution is -0.139. The monoisotopic (exact) mass is 327 g/mol. The van der Waals surface area contributed by atoms with E-state index in [0.29, 0.717) is 31.2 Å². The third-order valence-electron chi connectivity index (χ3n) is 4.17. The van der Waals surface area contributed by atoms with Crippen molar-refractivity contribution in [3.05, 3.63) is 42.1 Å². The average Bonchev–Trinajstić information content (AvgIpc) is 2.62. The van der Waals surface area contributed by atoms with E-state index in [2.05, 4.69) is 9.97 Å². The maximum Gasteiger partial charge on any atom is 0.326 e. The molecule has 1 aromatic heterocycles. The van der Waals surface area contributed by atoms with E-state index in [1.807, 2.05) is 41.3 Å². The van der Waals surface area contributed by atoms with E-state index >= 15 is 0 Å². The number of hydrogen-bond donors (Lipinski definition) is 1. The van der Waals surface area contributed by atoms with Crippen LogP contribution in [0.3, 0.4) is 0 Å². The van der Waals surface area contributed by atoms with E-state index in [1.165, 1.54) is 0 Å². The molecule has 0 radical (unpaired) electrons. The van der Waals surface area contributed by atoms with Crippen molar-refractivity contribution in [2.45, 2.75) is 31.9 Å². The van der Waals surface area contributed by atoms with Gasteiger partial charge in [0, 0.05) is 25.3 Å². The lowest BCUT2D eigenvalue weighted by Crippen LogP contribution is -2.45. The molecule has 1 unspecified atom stereocenters. The molecule has 0 spiro atoms. The molecule has 24 heavy (non-hydrogen) atoms. The van der Waals surface area contributed by atoms with Gasteiger partial charge in [0.05, 0.1) is 12.3 Å². The Labute approximate surface area is 141 Å². The normalized spacial score (nSPS) is 17.7. The first kappa shape index (κ1) is 16.4. The van der Waals surface area contributed by atoms with Crippen LogP contribution in [-0.4, -0.2) is 40.7 Å². The second kappa shape index (κ2) is 7.40. The number of carboxylic acids is 1. The molecule has 1 fully saturated rings. The van der Waals surface area contributed by atoms with Gasteiger partial charge in [0.2, 0.25) is 0 Å². The molecule has 6 heteroatoms. The summed E-state index contributed by atoms with van der Waals surface area (Å²) in [7, 11) is 1.62. The number of benzene rings is 1. The quantitative estimate of drug-likeness (QED) is 0.910. The van der Waals surface area contributed by atoms with Crippen LogP contribution in [-0.2, 0) is 16.1 Å². The number of hydrogen-bond acceptors (Lipinski definition) is 5. The molecule has 1 saturated heterocycles. The van der Waals surface area contributed by atoms with E-state index in [1.54, 1.807) is 7.11 Å². The lowest BCUT2D eigenvalue weighted by atomic mass is 10.0. The van der Waals surface area contributed by atoms with Gasteiger partial charge in [-0.2, -0.15) is 0 Å². The second-order valence-corrected chi connectivity index (χ2v) is 5.88. The van der Waals surface area contributed by atoms with Crippen LogP contribution in [0, 0.1) is 0 Å². The van der Waals surface area contributed by atoms with Crippen LogP contribution < -0.4 is 4.90 Å². The highest BCUT2D eigenvalue weighted by Crippen LogP contribution is 2.26. The van der Waals surface area contributed by atoms with Gasteiger partial charge in [-0.1, -0.05) is 30.3 Å². The maximum absolute atomic E-state index is 11.6. The van der Waals surface area contributed by atoms with Gasteiger partial charge in [0.1, 0.15) is 11.9 Å². The number of carbonyl (C=O) groups is 1. The summed E-state index contributed by atoms with van der Waals surface area (Å²) >= 11 is 0. The minimum absolute atomic E-state index is 0.362. The summed E-state index contributed by atoms with van der Waals surface area (Å²) < 4.78 is 5.21. The smallest absolute Gasteiger partial charge is 0.326 e. The number of nitrogens with zero attached hydrogens (tertiary/aromatic N) is 3. The molecule has 6 nitrogen and oxygen atoms in total. The number of rotatable bonds is 5. The van der Waals surface area contributed by atoms with E-state index in [0.717, 1.165) is 24.1 Å². The number of aliphatic carboxylic acids is 1. The Hall–Kier alpha value is -2.47. The highest BCUT2D eigenvalue weighted by atomic mass is 16.5. The van der Waals surface area contributed by atoms with Gasteiger partial charge in [0.15, 0.2) is 5.82 Å². The summed E-state index contributed by atoms with van der Waals surface area (Å²) in [6, 6.07) is 11.0. The Morgan fingerprint density at radius 1 is 1.29 bits per heavy atom. The van der Waals surface area contributed by atoms with Crippen LogP contribution in [0.2, 0.25) is 0 Å². The van der Waals surface area contributed by atoms with Gasteiger partial charge in [-0.15, -0.1) is 0 Å². The van der Waals surface area contributed by atoms with Crippen molar-refractivity contribution in [2.24, 2.45) is 0 Å². The van der Waals surface area contributed by atoms with Gasteiger partial charge in [-0.25, -0.2) is 14.8 Å². The molecule has 1 aromatic carbocycles. The molecule has 126 valence electrons. The summed E-state index contributed by atoms with van der Waals surface area (Å²) in [5.74, 6) is 0.445. The first-order valence-corrected chi connectivity index (χ1v) is 8.11. The summed E-state index contributed by atoms with van der Waals surface area (Å²) in [5, 5.41) is 9.52. The van der Waals surface area contributed by atoms with Gasteiger partial charge in [0.25, 0.3) is 0 Å². The van der Waals surface area contributed by atoms with E-state index < -0.39 is 12.0 Å². The summed E-state index contributed by atoms with van der Waals surface area (Å²) in [6.07, 6.45) is 2.53. The summed E-state index contributed by atoms with van der Waals surface area (Å²) in [5.41, 5.74) is 1.65. The molecule has 0 amide bonds. The SMILES string of the molecule is COCc1cc(N2CCCCC2C(=O)O)nc(-c2ccccc2)n1. The largest absolute Gasteiger partial charge is 0.480 e. The summed E-state index contributed by atoms with van der Waals surface area (Å²) in [4.78, 5) is 22.7. The number of anilines is 1. The third-order valence-corrected chi connectivity index (χ3v) is 4.17. The zero-order chi connectivity index (χ0) is 16.9. The Morgan fingerprint density at radius 3 is 2.79 bits per heavy atom. The van der Waals surface area contributed by atoms with Crippen molar-refractivity contribution in [1.82, 2.24) is 9.97 Å². The highest BCUT2D eigenvalue weighted by molar-refractivity contribution is 5.78. The minimum Gasteiger partial charge on any atom is -0.480 e. The first-order valence-electron chi connectivity index (χ1n) is 8.11. The Morgan fingerprint density at radius 2 is 2.08 bits per heavy atom. The number of methoxy groups -OCH3 is 1. The number of carboxylic acid groups (broad SMARTS) is 1. The lowest BCUT2D eigenvalue weighted by Gasteiger charge is -2.34. The predicted octanol–water partition coefficient (Wildman–Crippen LogP) is 2.73. The molecule has 3 rings (SSSR count). The molecule has 0 bridgehead atoms. The van der Waals surface area contributed by atoms with E-state index in [9.17, 15) is 9.90 Å². The van der Waals surface area contributed by atoms with Crippen LogP contribution in [0.25, 0.3) is 11.4 Å². The minimum atomic E-state index is -0.803. The topological polar surface area (TPSA) is 75.5 Å². The zero-order valence-corrected chi connectivity index (χ0v) is 13.7. The standard InChI is InChI=1S/C18H21N3O3/c1-24-12-14-11-16(21-10-6-5-9-15(21)18(22)23)20-17(19-14)13-7-3-2-4-8-13/h2-4,7-8,11,15H,5-6,9-10,12H2,1H3,(H,22,23). The Kier molecular flexibility index (Phi) is 5.05. The van der Waals surface area contributed by atoms with Gasteiger partial charge < -0.3 is 14.7 Å². The molecule has 0 saturated carbocycles. The van der Waals surface area contributed by atoms with E-state index in [4.69, 9.17) is 4.74 Å². The first-order chi connectivity index (χ1) is 11.7. The fourth-order valence-electron chi connectivity index (χ4n) is 3.03. The molecule has 1 N–H and O–H groups in total. The fourth-order valence-corrected chi connectivity index (χ4v) is 3.03. The zero-order valence-electron chi connectivity index (χ0n) is 13.7. The molecule has 0 aliphatic carbocycles. The third kappa shape index (κ3) is 3.54. The van der Waals surface area contributed by atoms with Gasteiger partial charge >= 0.3 is 5.97 Å². The average molecular weight is 327 g/mol. The molecule has 2 aromatic rings. The van der Waals surface area contributed by atoms with Crippen molar-refractivity contribution in [1.29, 1.82) is 0 Å². The molecular weight excluding hydrogens is 306 g/mol. The van der Waals surface area contributed by atoms with Gasteiger partial charge in [-0.3, -0.25) is 0 Å². The van der Waals surface area contributed by atoms with Crippen LogP contribution >= 0.6 is 0 Å². The van der Waals surface area contributed by atoms with Crippen molar-refractivity contribution >= 4 is 11.8 Å². The molecular formula is C18H21N3O3. The van der Waals surface area contributed by atoms with Crippen molar-refractivity contribution < 1.29 is 14.6 Å². The van der Waals surface area contributed by atoms with Crippen LogP contribution in [0.4, 0.5) is 5.82 Å². The molecule has 1 aliphatic rings. The number of aromatic nitrogens is 2. The van der Waals surface area contributed by atoms with Crippen molar-refractivity contribution in [3.8, 4) is 11.4 Å². The molecule has 1 atom stereocenters. The fraction of sp³-hybridized carbons (Fsp3) is 0.389. The maximum atomic E-state index is 11.6. The second-order valence-electron chi connectivity index (χ2n) is 5.88. The highest BCUT2D eigenvalue weighted by Gasteiger charge is 2.30. The Balaban J connectivity index is 2.03. The van der Waals surface area contributed by atoms with Crippen molar-refractivity contribution in [3.63, 3.8) is 0 Å². The van der Waals surface area contributed by atoms with Gasteiger partial charge in [-0.05, 0) is 19.3 Å². The molecule has 2 heterocycles. The number of piperidine rings is 1. The van der Waals surface area contributed by atoms with Crippen LogP contribution in [0.15, 0.2) is 36.4 Å². The van der Waals surface area contributed by atoms with Crippen molar-refractivity contribution in [2.75, 3.05) is 18.6 Å². The number of ether oxygens (including phenoxy) is 1. The summed E-state index contributed by atoms with van der Waals surface area (Å²) in [6.45, 7) is 1.05.